The molecule has 0 bridgehead atoms. The van der Waals surface area contributed by atoms with Gasteiger partial charge in [-0.1, -0.05) is 171 Å². The van der Waals surface area contributed by atoms with Gasteiger partial charge >= 0.3 is 34.4 Å². The molecule has 5 aromatic rings. The van der Waals surface area contributed by atoms with Crippen LogP contribution in [-0.4, -0.2) is 33.5 Å². The molecule has 0 aliphatic heterocycles. The molecule has 0 spiro atoms. The second-order valence-electron chi connectivity index (χ2n) is 15.6. The molecular weight excluding hydrogens is 972 g/mol. The second kappa shape index (κ2) is 28.3. The van der Waals surface area contributed by atoms with E-state index in [2.05, 4.69) is 68.4 Å². The summed E-state index contributed by atoms with van der Waals surface area (Å²) in [5.41, 5.74) is -0.00575. The van der Waals surface area contributed by atoms with E-state index in [0.717, 1.165) is 60.4 Å². The van der Waals surface area contributed by atoms with Crippen LogP contribution in [-0.2, 0) is 0 Å². The molecule has 344 valence electrons. The number of ether oxygens (including phenoxy) is 2. The molecule has 1 unspecified atom stereocenters. The Morgan fingerprint density at radius 1 is 0.565 bits per heavy atom. The van der Waals surface area contributed by atoms with Crippen LogP contribution in [0.25, 0.3) is 25.1 Å². The van der Waals surface area contributed by atoms with Crippen molar-refractivity contribution in [3.8, 4) is 16.4 Å². The predicted molar refractivity (Wildman–Crippen MR) is 253 cm³/mol. The molecule has 1 atom stereocenters. The van der Waals surface area contributed by atoms with Crippen LogP contribution >= 0.6 is 33.8 Å². The topological polar surface area (TPSA) is 35.5 Å². The summed E-state index contributed by atoms with van der Waals surface area (Å²) in [6.07, 6.45) is 26.1. The minimum absolute atomic E-state index is 0. The van der Waals surface area contributed by atoms with Crippen LogP contribution in [0.5, 0.6) is 11.5 Å². The van der Waals surface area contributed by atoms with Gasteiger partial charge in [0.15, 0.2) is 15.1 Å². The molecule has 0 N–H and O–H groups in total. The van der Waals surface area contributed by atoms with Crippen molar-refractivity contribution in [2.45, 2.75) is 152 Å². The van der Waals surface area contributed by atoms with Crippen LogP contribution in [0.4, 0.5) is 14.1 Å². The fourth-order valence-corrected chi connectivity index (χ4v) is 11.1. The summed E-state index contributed by atoms with van der Waals surface area (Å²) in [6, 6.07) is 28.9. The van der Waals surface area contributed by atoms with Crippen molar-refractivity contribution in [1.82, 2.24) is 0 Å². The number of hydrogen-bond donors (Lipinski definition) is 0. The van der Waals surface area contributed by atoms with Crippen molar-refractivity contribution in [2.75, 3.05) is 13.2 Å². The Morgan fingerprint density at radius 2 is 1.03 bits per heavy atom. The van der Waals surface area contributed by atoms with Gasteiger partial charge in [0.05, 0.1) is 23.6 Å². The van der Waals surface area contributed by atoms with Gasteiger partial charge in [-0.2, -0.15) is 0 Å². The van der Waals surface area contributed by atoms with Crippen molar-refractivity contribution >= 4 is 74.3 Å². The molecule has 1 aromatic heterocycles. The van der Waals surface area contributed by atoms with Gasteiger partial charge in [-0.3, -0.25) is 4.79 Å². The summed E-state index contributed by atoms with van der Waals surface area (Å²) < 4.78 is 64.3. The van der Waals surface area contributed by atoms with Crippen LogP contribution in [0.2, 0.25) is 5.02 Å². The van der Waals surface area contributed by atoms with Crippen molar-refractivity contribution < 1.29 is 28.2 Å². The van der Waals surface area contributed by atoms with E-state index < -0.39 is 30.8 Å². The standard InChI is InChI=1S/C49H64ClO3S2.6FH.Sb/c1-3-5-7-9-11-13-15-17-19-23-36-52-39-30-32-40(33-31-39)54-41-34-35-44(53-37-24-20-18-16-14-12-10-8-6-4-2)47(38-41)55-45-28-22-21-26-42(45)49(51)48-43(50)27-25-29-46(48)55;;;;;;;/h21-22,25-35,38H,3-20,23-24,36-37H2,1-2H3;6*1H;/q+1;;;;;;;+5/p-6. The molecule has 0 aliphatic carbocycles. The van der Waals surface area contributed by atoms with Crippen molar-refractivity contribution in [1.29, 1.82) is 0 Å². The first-order chi connectivity index (χ1) is 29.3. The Kier molecular flexibility index (Phi) is 24.6. The van der Waals surface area contributed by atoms with Crippen LogP contribution in [0, 0.1) is 0 Å². The molecule has 0 saturated carbocycles. The summed E-state index contributed by atoms with van der Waals surface area (Å²) in [5, 5.41) is 1.83. The number of hydrogen-bond acceptors (Lipinski definition) is 4. The average Bonchev–Trinajstić information content (AvgIpc) is 3.22. The first-order valence-corrected chi connectivity index (χ1v) is 29.5. The van der Waals surface area contributed by atoms with Gasteiger partial charge in [-0.15, -0.1) is 0 Å². The Labute approximate surface area is 381 Å². The first kappa shape index (κ1) is 53.7. The average molecular weight is 1040 g/mol. The fourth-order valence-electron chi connectivity index (χ4n) is 7.34. The van der Waals surface area contributed by atoms with Crippen molar-refractivity contribution in [2.24, 2.45) is 0 Å². The van der Waals surface area contributed by atoms with E-state index in [1.807, 2.05) is 30.3 Å². The van der Waals surface area contributed by atoms with Gasteiger partial charge in [0.1, 0.15) is 11.1 Å². The fraction of sp³-hybridized carbons (Fsp3) is 0.490. The zero-order chi connectivity index (χ0) is 44.0. The molecular formula is C49H64ClF6O3S2Sb. The van der Waals surface area contributed by atoms with Gasteiger partial charge in [-0.25, -0.2) is 0 Å². The van der Waals surface area contributed by atoms with E-state index in [4.69, 9.17) is 21.1 Å². The molecule has 0 saturated heterocycles. The second-order valence-corrected chi connectivity index (χ2v) is 22.8. The first-order valence-electron chi connectivity index (χ1n) is 22.3. The van der Waals surface area contributed by atoms with Gasteiger partial charge < -0.3 is 14.2 Å². The number of unbranched alkanes of at least 4 members (excludes halogenated alkanes) is 18. The maximum atomic E-state index is 13.8. The number of fused-ring (bicyclic) bond motifs is 2. The summed E-state index contributed by atoms with van der Waals surface area (Å²) in [4.78, 5) is 17.1. The summed E-state index contributed by atoms with van der Waals surface area (Å²) in [6.45, 7) is 6.00. The molecule has 0 radical (unpaired) electrons. The molecule has 0 aliphatic rings. The third-order valence-corrected chi connectivity index (χ3v) is 14.1. The predicted octanol–water partition coefficient (Wildman–Crippen LogP) is 15.2. The number of halogens is 7. The minimum atomic E-state index is -9.19. The Morgan fingerprint density at radius 3 is 1.58 bits per heavy atom. The normalized spacial score (nSPS) is 12.3. The number of rotatable bonds is 27. The van der Waals surface area contributed by atoms with E-state index in [1.165, 1.54) is 116 Å². The van der Waals surface area contributed by atoms with Crippen molar-refractivity contribution in [3.05, 3.63) is 100 Å². The van der Waals surface area contributed by atoms with Crippen LogP contribution in [0.15, 0.2) is 99.5 Å². The summed E-state index contributed by atoms with van der Waals surface area (Å²) in [7, 11) is -0.561. The SMILES string of the molecule is CCCCCCCCCCCCOc1ccc(Sc2ccc(OCCCCCCCCCCCC)c(-[s+]3c4ccccc4c(=O)c4c(Cl)cccc43)c2)cc1.[F-].[F][Sb]([F])([F])([F])[F]. The van der Waals surface area contributed by atoms with Crippen LogP contribution in [0.3, 0.4) is 0 Å². The Bertz CT molecular complexity index is 2090. The van der Waals surface area contributed by atoms with Gasteiger partial charge in [-0.05, 0) is 73.5 Å². The van der Waals surface area contributed by atoms with Crippen molar-refractivity contribution in [3.63, 3.8) is 0 Å². The zero-order valence-electron chi connectivity index (χ0n) is 36.3. The Balaban J connectivity index is 0.00000136. The Hall–Kier alpha value is -2.59. The quantitative estimate of drug-likeness (QED) is 0.0173. The molecule has 1 heterocycles. The van der Waals surface area contributed by atoms with E-state index >= 15 is 0 Å². The third kappa shape index (κ3) is 20.1. The molecule has 13 heteroatoms. The third-order valence-electron chi connectivity index (χ3n) is 10.5. The molecule has 5 rings (SSSR count). The summed E-state index contributed by atoms with van der Waals surface area (Å²) >= 11 is -0.694. The van der Waals surface area contributed by atoms with Gasteiger partial charge in [0, 0.05) is 26.3 Å². The molecule has 3 nitrogen and oxygen atoms in total. The van der Waals surface area contributed by atoms with E-state index in [1.54, 1.807) is 11.8 Å². The molecule has 0 amide bonds. The van der Waals surface area contributed by atoms with E-state index in [0.29, 0.717) is 17.0 Å². The maximum absolute atomic E-state index is 13.8. The van der Waals surface area contributed by atoms with Gasteiger partial charge in [0.25, 0.3) is 0 Å². The van der Waals surface area contributed by atoms with E-state index in [9.17, 15) is 18.9 Å². The monoisotopic (exact) mass is 1030 g/mol. The van der Waals surface area contributed by atoms with Crippen LogP contribution < -0.4 is 19.6 Å². The van der Waals surface area contributed by atoms with Crippen LogP contribution in [0.1, 0.15) is 142 Å². The van der Waals surface area contributed by atoms with E-state index in [-0.39, 0.29) is 10.1 Å². The molecule has 0 fully saturated rings. The number of benzene rings is 4. The summed E-state index contributed by atoms with van der Waals surface area (Å²) in [5.74, 6) is 1.81. The van der Waals surface area contributed by atoms with Gasteiger partial charge in [0.2, 0.25) is 10.3 Å². The molecule has 4 aromatic carbocycles. The zero-order valence-corrected chi connectivity index (χ0v) is 41.2. The molecule has 62 heavy (non-hydrogen) atoms.